The molecule has 3 heteroatoms. The molecule has 1 fully saturated rings. The van der Waals surface area contributed by atoms with Crippen LogP contribution in [0.4, 0.5) is 10.1 Å². The number of benzene rings is 1. The molecule has 1 N–H and O–H groups in total. The van der Waals surface area contributed by atoms with Gasteiger partial charge in [-0.15, -0.1) is 0 Å². The van der Waals surface area contributed by atoms with E-state index >= 15 is 0 Å². The molecular formula is C12H13FN2. The lowest BCUT2D eigenvalue weighted by Gasteiger charge is -2.11. The largest absolute Gasteiger partial charge is 0.382 e. The van der Waals surface area contributed by atoms with Crippen LogP contribution < -0.4 is 5.32 Å². The van der Waals surface area contributed by atoms with Crippen molar-refractivity contribution in [1.29, 1.82) is 5.26 Å². The Kier molecular flexibility index (Phi) is 2.36. The van der Waals surface area contributed by atoms with Gasteiger partial charge in [0.25, 0.3) is 0 Å². The molecule has 1 aromatic carbocycles. The maximum absolute atomic E-state index is 13.4. The predicted octanol–water partition coefficient (Wildman–Crippen LogP) is 2.91. The molecule has 0 spiro atoms. The Balaban J connectivity index is 2.05. The second kappa shape index (κ2) is 3.54. The number of nitriles is 1. The summed E-state index contributed by atoms with van der Waals surface area (Å²) < 4.78 is 13.4. The summed E-state index contributed by atoms with van der Waals surface area (Å²) in [6, 6.07) is 6.42. The zero-order chi connectivity index (χ0) is 10.9. The average Bonchev–Trinajstić information content (AvgIpc) is 2.95. The highest BCUT2D eigenvalue weighted by atomic mass is 19.1. The summed E-state index contributed by atoms with van der Waals surface area (Å²) in [5.41, 5.74) is 1.19. The number of anilines is 1. The first kappa shape index (κ1) is 9.97. The molecule has 0 aliphatic heterocycles. The number of halogens is 1. The van der Waals surface area contributed by atoms with Gasteiger partial charge in [-0.05, 0) is 36.5 Å². The van der Waals surface area contributed by atoms with E-state index in [2.05, 4.69) is 12.2 Å². The van der Waals surface area contributed by atoms with Crippen LogP contribution in [0, 0.1) is 22.6 Å². The molecule has 0 amide bonds. The molecule has 0 radical (unpaired) electrons. The van der Waals surface area contributed by atoms with E-state index in [9.17, 15) is 4.39 Å². The Morgan fingerprint density at radius 3 is 2.80 bits per heavy atom. The topological polar surface area (TPSA) is 35.8 Å². The smallest absolute Gasteiger partial charge is 0.147 e. The van der Waals surface area contributed by atoms with Gasteiger partial charge in [0.1, 0.15) is 5.82 Å². The Bertz CT molecular complexity index is 416. The number of rotatable bonds is 3. The Morgan fingerprint density at radius 1 is 1.53 bits per heavy atom. The van der Waals surface area contributed by atoms with Crippen molar-refractivity contribution in [2.24, 2.45) is 5.41 Å². The molecular weight excluding hydrogens is 191 g/mol. The lowest BCUT2D eigenvalue weighted by molar-refractivity contribution is 0.597. The maximum atomic E-state index is 13.4. The molecule has 1 aliphatic rings. The molecule has 1 aliphatic carbocycles. The summed E-state index contributed by atoms with van der Waals surface area (Å²) in [6.07, 6.45) is 2.41. The van der Waals surface area contributed by atoms with Gasteiger partial charge in [0.15, 0.2) is 0 Å². The van der Waals surface area contributed by atoms with E-state index in [0.29, 0.717) is 16.7 Å². The second-order valence-electron chi connectivity index (χ2n) is 4.47. The van der Waals surface area contributed by atoms with Gasteiger partial charge in [-0.2, -0.15) is 5.26 Å². The van der Waals surface area contributed by atoms with Gasteiger partial charge < -0.3 is 5.32 Å². The zero-order valence-corrected chi connectivity index (χ0v) is 8.68. The van der Waals surface area contributed by atoms with Crippen LogP contribution in [-0.2, 0) is 0 Å². The van der Waals surface area contributed by atoms with E-state index in [1.165, 1.54) is 18.9 Å². The zero-order valence-electron chi connectivity index (χ0n) is 8.68. The molecule has 0 atom stereocenters. The van der Waals surface area contributed by atoms with Crippen molar-refractivity contribution in [1.82, 2.24) is 0 Å². The molecule has 1 saturated carbocycles. The van der Waals surface area contributed by atoms with Gasteiger partial charge in [0.05, 0.1) is 17.3 Å². The second-order valence-corrected chi connectivity index (χ2v) is 4.47. The van der Waals surface area contributed by atoms with Gasteiger partial charge >= 0.3 is 0 Å². The SMILES string of the molecule is CC1(CNc2ccc(C#N)cc2F)CC1. The van der Waals surface area contributed by atoms with Gasteiger partial charge in [-0.3, -0.25) is 0 Å². The lowest BCUT2D eigenvalue weighted by Crippen LogP contribution is -2.12. The van der Waals surface area contributed by atoms with Crippen molar-refractivity contribution in [3.8, 4) is 6.07 Å². The van der Waals surface area contributed by atoms with Gasteiger partial charge in [-0.25, -0.2) is 4.39 Å². The maximum Gasteiger partial charge on any atom is 0.147 e. The normalized spacial score (nSPS) is 16.9. The summed E-state index contributed by atoms with van der Waals surface area (Å²) in [6.45, 7) is 2.98. The van der Waals surface area contributed by atoms with Crippen LogP contribution in [0.3, 0.4) is 0 Å². The number of hydrogen-bond donors (Lipinski definition) is 1. The van der Waals surface area contributed by atoms with Crippen LogP contribution in [0.15, 0.2) is 18.2 Å². The molecule has 15 heavy (non-hydrogen) atoms. The Hall–Kier alpha value is -1.56. The molecule has 0 aromatic heterocycles. The third-order valence-electron chi connectivity index (χ3n) is 2.91. The van der Waals surface area contributed by atoms with Crippen molar-refractivity contribution in [2.45, 2.75) is 19.8 Å². The quantitative estimate of drug-likeness (QED) is 0.821. The molecule has 78 valence electrons. The Morgan fingerprint density at radius 2 is 2.27 bits per heavy atom. The summed E-state index contributed by atoms with van der Waals surface area (Å²) >= 11 is 0. The highest BCUT2D eigenvalue weighted by Gasteiger charge is 2.36. The van der Waals surface area contributed by atoms with Crippen LogP contribution >= 0.6 is 0 Å². The minimum absolute atomic E-state index is 0.348. The third kappa shape index (κ3) is 2.27. The van der Waals surface area contributed by atoms with Crippen molar-refractivity contribution < 1.29 is 4.39 Å². The standard InChI is InChI=1S/C12H13FN2/c1-12(4-5-12)8-15-11-3-2-9(7-14)6-10(11)13/h2-3,6,15H,4-5,8H2,1H3. The first-order valence-electron chi connectivity index (χ1n) is 5.06. The van der Waals surface area contributed by atoms with E-state index in [-0.39, 0.29) is 5.82 Å². The fourth-order valence-corrected chi connectivity index (χ4v) is 1.43. The molecule has 0 unspecified atom stereocenters. The van der Waals surface area contributed by atoms with Crippen molar-refractivity contribution >= 4 is 5.69 Å². The number of hydrogen-bond acceptors (Lipinski definition) is 2. The minimum atomic E-state index is -0.349. The summed E-state index contributed by atoms with van der Waals surface area (Å²) in [5, 5.41) is 11.7. The van der Waals surface area contributed by atoms with Crippen LogP contribution in [-0.4, -0.2) is 6.54 Å². The van der Waals surface area contributed by atoms with Crippen molar-refractivity contribution in [3.63, 3.8) is 0 Å². The number of nitrogens with one attached hydrogen (secondary N) is 1. The molecule has 0 saturated heterocycles. The first-order valence-corrected chi connectivity index (χ1v) is 5.06. The monoisotopic (exact) mass is 204 g/mol. The fourth-order valence-electron chi connectivity index (χ4n) is 1.43. The van der Waals surface area contributed by atoms with Crippen LogP contribution in [0.25, 0.3) is 0 Å². The average molecular weight is 204 g/mol. The van der Waals surface area contributed by atoms with Crippen molar-refractivity contribution in [3.05, 3.63) is 29.6 Å². The summed E-state index contributed by atoms with van der Waals surface area (Å²) in [5.74, 6) is -0.349. The van der Waals surface area contributed by atoms with Crippen molar-refractivity contribution in [2.75, 3.05) is 11.9 Å². The molecule has 0 heterocycles. The van der Waals surface area contributed by atoms with Crippen LogP contribution in [0.1, 0.15) is 25.3 Å². The van der Waals surface area contributed by atoms with E-state index in [1.54, 1.807) is 12.1 Å². The minimum Gasteiger partial charge on any atom is -0.382 e. The van der Waals surface area contributed by atoms with Gasteiger partial charge in [0, 0.05) is 6.54 Å². The third-order valence-corrected chi connectivity index (χ3v) is 2.91. The summed E-state index contributed by atoms with van der Waals surface area (Å²) in [7, 11) is 0. The van der Waals surface area contributed by atoms with E-state index in [0.717, 1.165) is 6.54 Å². The molecule has 2 rings (SSSR count). The van der Waals surface area contributed by atoms with Crippen LogP contribution in [0.2, 0.25) is 0 Å². The first-order chi connectivity index (χ1) is 7.13. The van der Waals surface area contributed by atoms with E-state index in [4.69, 9.17) is 5.26 Å². The Labute approximate surface area is 88.7 Å². The summed E-state index contributed by atoms with van der Waals surface area (Å²) in [4.78, 5) is 0. The molecule has 0 bridgehead atoms. The molecule has 1 aromatic rings. The fraction of sp³-hybridized carbons (Fsp3) is 0.417. The van der Waals surface area contributed by atoms with Gasteiger partial charge in [0.2, 0.25) is 0 Å². The van der Waals surface area contributed by atoms with E-state index < -0.39 is 0 Å². The van der Waals surface area contributed by atoms with Gasteiger partial charge in [-0.1, -0.05) is 6.92 Å². The number of nitrogens with zero attached hydrogens (tertiary/aromatic N) is 1. The lowest BCUT2D eigenvalue weighted by atomic mass is 10.1. The highest BCUT2D eigenvalue weighted by Crippen LogP contribution is 2.44. The van der Waals surface area contributed by atoms with E-state index in [1.807, 2.05) is 6.07 Å². The van der Waals surface area contributed by atoms with Crippen LogP contribution in [0.5, 0.6) is 0 Å². The highest BCUT2D eigenvalue weighted by molar-refractivity contribution is 5.49. The molecule has 2 nitrogen and oxygen atoms in total. The predicted molar refractivity (Wildman–Crippen MR) is 56.9 cm³/mol.